The van der Waals surface area contributed by atoms with Crippen LogP contribution in [0.5, 0.6) is 11.5 Å². The molecule has 0 saturated carbocycles. The van der Waals surface area contributed by atoms with Gasteiger partial charge in [-0.05, 0) is 78.4 Å². The average Bonchev–Trinajstić information content (AvgIpc) is 3.18. The molecule has 8 heteroatoms. The van der Waals surface area contributed by atoms with E-state index in [0.29, 0.717) is 17.9 Å². The van der Waals surface area contributed by atoms with Crippen LogP contribution in [0.3, 0.4) is 0 Å². The standard InChI is InChI=1S/C29H37NO6.C2H6O/c1-18-21(13-19-7-8-25(32-3)26(14-19)33-4)23-15-27(34-5)28(35-6)16-24(23)22(18)17-29(31)36-20-9-11-30(2)12-10-20;1-3-2/h7-8,13,15-16,20,26H,9-12,14,17H2,1-6H3;1-2H3/b21-13-;. The third kappa shape index (κ3) is 7.32. The van der Waals surface area contributed by atoms with Crippen molar-refractivity contribution in [1.29, 1.82) is 0 Å². The number of nitrogens with zero attached hydrogens (tertiary/aromatic N) is 1. The largest absolute Gasteiger partial charge is 0.498 e. The van der Waals surface area contributed by atoms with Crippen molar-refractivity contribution in [3.63, 3.8) is 0 Å². The number of fused-ring (bicyclic) bond motifs is 1. The minimum Gasteiger partial charge on any atom is -0.498 e. The van der Waals surface area contributed by atoms with Crippen molar-refractivity contribution < 1.29 is 33.2 Å². The SMILES string of the molecule is COC.COC1=CC=C(/C=C2/C(C)=C(CC(=O)OC3CCN(C)CC3)c3cc(OC)c(OC)cc32)CC1OC. The van der Waals surface area contributed by atoms with Gasteiger partial charge in [-0.1, -0.05) is 12.2 Å². The first-order chi connectivity index (χ1) is 18.8. The van der Waals surface area contributed by atoms with E-state index in [-0.39, 0.29) is 24.6 Å². The van der Waals surface area contributed by atoms with E-state index >= 15 is 0 Å². The summed E-state index contributed by atoms with van der Waals surface area (Å²) < 4.78 is 32.4. The molecule has 2 aliphatic carbocycles. The Morgan fingerprint density at radius 1 is 0.949 bits per heavy atom. The Balaban J connectivity index is 0.00000134. The fourth-order valence-electron chi connectivity index (χ4n) is 5.18. The summed E-state index contributed by atoms with van der Waals surface area (Å²) in [5.74, 6) is 1.90. The van der Waals surface area contributed by atoms with Gasteiger partial charge in [0.25, 0.3) is 0 Å². The van der Waals surface area contributed by atoms with Gasteiger partial charge in [0, 0.05) is 40.8 Å². The van der Waals surface area contributed by atoms with Crippen molar-refractivity contribution in [3.8, 4) is 11.5 Å². The van der Waals surface area contributed by atoms with Gasteiger partial charge in [0.2, 0.25) is 0 Å². The molecule has 1 aromatic rings. The number of hydrogen-bond acceptors (Lipinski definition) is 8. The number of hydrogen-bond donors (Lipinski definition) is 0. The molecule has 0 N–H and O–H groups in total. The van der Waals surface area contributed by atoms with Crippen LogP contribution in [0.15, 0.2) is 47.3 Å². The lowest BCUT2D eigenvalue weighted by Gasteiger charge is -2.28. The van der Waals surface area contributed by atoms with Gasteiger partial charge in [0.1, 0.15) is 18.0 Å². The number of allylic oxidation sites excluding steroid dienone is 5. The molecule has 0 bridgehead atoms. The van der Waals surface area contributed by atoms with Crippen molar-refractivity contribution in [1.82, 2.24) is 4.90 Å². The van der Waals surface area contributed by atoms with Gasteiger partial charge in [-0.3, -0.25) is 4.79 Å². The van der Waals surface area contributed by atoms with Crippen LogP contribution in [0, 0.1) is 0 Å². The highest BCUT2D eigenvalue weighted by Gasteiger charge is 2.30. The lowest BCUT2D eigenvalue weighted by molar-refractivity contribution is -0.149. The number of methoxy groups -OCH3 is 5. The minimum atomic E-state index is -0.190. The molecule has 1 aliphatic heterocycles. The zero-order chi connectivity index (χ0) is 28.5. The molecule has 1 saturated heterocycles. The van der Waals surface area contributed by atoms with E-state index in [1.807, 2.05) is 18.2 Å². The maximum Gasteiger partial charge on any atom is 0.310 e. The second kappa shape index (κ2) is 14.4. The second-order valence-electron chi connectivity index (χ2n) is 9.94. The van der Waals surface area contributed by atoms with Crippen molar-refractivity contribution in [2.45, 2.75) is 44.8 Å². The number of esters is 1. The fourth-order valence-corrected chi connectivity index (χ4v) is 5.18. The topological polar surface area (TPSA) is 75.7 Å². The van der Waals surface area contributed by atoms with Crippen LogP contribution in [0.25, 0.3) is 11.1 Å². The average molecular weight is 542 g/mol. The Hall–Kier alpha value is -3.07. The Bertz CT molecular complexity index is 1140. The second-order valence-corrected chi connectivity index (χ2v) is 9.94. The summed E-state index contributed by atoms with van der Waals surface area (Å²) in [5, 5.41) is 0. The summed E-state index contributed by atoms with van der Waals surface area (Å²) in [5.41, 5.74) is 6.18. The molecule has 0 radical (unpaired) electrons. The van der Waals surface area contributed by atoms with Crippen LogP contribution in [0.4, 0.5) is 0 Å². The number of carbonyl (C=O) groups excluding carboxylic acids is 1. The number of piperidine rings is 1. The molecular formula is C31H43NO7. The molecule has 0 aromatic heterocycles. The molecule has 8 nitrogen and oxygen atoms in total. The minimum absolute atomic E-state index is 0.0176. The zero-order valence-electron chi connectivity index (χ0n) is 24.6. The smallest absolute Gasteiger partial charge is 0.310 e. The Labute approximate surface area is 232 Å². The highest BCUT2D eigenvalue weighted by molar-refractivity contribution is 6.04. The van der Waals surface area contributed by atoms with Gasteiger partial charge in [0.15, 0.2) is 11.5 Å². The van der Waals surface area contributed by atoms with Gasteiger partial charge in [-0.2, -0.15) is 0 Å². The van der Waals surface area contributed by atoms with Gasteiger partial charge in [-0.25, -0.2) is 0 Å². The lowest BCUT2D eigenvalue weighted by atomic mass is 9.95. The number of carbonyl (C=O) groups is 1. The third-order valence-corrected chi connectivity index (χ3v) is 7.33. The Morgan fingerprint density at radius 3 is 2.13 bits per heavy atom. The molecular weight excluding hydrogens is 498 g/mol. The van der Waals surface area contributed by atoms with Gasteiger partial charge in [-0.15, -0.1) is 0 Å². The summed E-state index contributed by atoms with van der Waals surface area (Å²) in [7, 11) is 11.9. The quantitative estimate of drug-likeness (QED) is 0.424. The van der Waals surface area contributed by atoms with Crippen LogP contribution in [-0.4, -0.2) is 85.9 Å². The molecule has 1 unspecified atom stereocenters. The molecule has 0 amide bonds. The van der Waals surface area contributed by atoms with Crippen LogP contribution >= 0.6 is 0 Å². The monoisotopic (exact) mass is 541 g/mol. The van der Waals surface area contributed by atoms with Gasteiger partial charge < -0.3 is 33.3 Å². The first-order valence-electron chi connectivity index (χ1n) is 13.2. The maximum atomic E-state index is 13.0. The molecule has 0 spiro atoms. The molecule has 1 heterocycles. The molecule has 4 rings (SSSR count). The van der Waals surface area contributed by atoms with E-state index in [9.17, 15) is 4.79 Å². The summed E-state index contributed by atoms with van der Waals surface area (Å²) in [6.07, 6.45) is 8.69. The van der Waals surface area contributed by atoms with E-state index in [4.69, 9.17) is 23.7 Å². The van der Waals surface area contributed by atoms with E-state index in [0.717, 1.165) is 65.1 Å². The molecule has 39 heavy (non-hydrogen) atoms. The molecule has 1 fully saturated rings. The van der Waals surface area contributed by atoms with Crippen LogP contribution in [0.1, 0.15) is 43.7 Å². The Morgan fingerprint density at radius 2 is 1.56 bits per heavy atom. The van der Waals surface area contributed by atoms with E-state index in [2.05, 4.69) is 35.8 Å². The van der Waals surface area contributed by atoms with E-state index in [1.54, 1.807) is 42.7 Å². The molecule has 3 aliphatic rings. The van der Waals surface area contributed by atoms with E-state index < -0.39 is 0 Å². The van der Waals surface area contributed by atoms with E-state index in [1.165, 1.54) is 0 Å². The zero-order valence-corrected chi connectivity index (χ0v) is 24.6. The van der Waals surface area contributed by atoms with Crippen molar-refractivity contribution in [3.05, 3.63) is 58.4 Å². The number of rotatable bonds is 8. The number of benzene rings is 1. The first-order valence-corrected chi connectivity index (χ1v) is 13.2. The van der Waals surface area contributed by atoms with Gasteiger partial charge >= 0.3 is 5.97 Å². The van der Waals surface area contributed by atoms with Crippen LogP contribution < -0.4 is 9.47 Å². The third-order valence-electron chi connectivity index (χ3n) is 7.33. The Kier molecular flexibility index (Phi) is 11.2. The highest BCUT2D eigenvalue weighted by Crippen LogP contribution is 2.48. The number of likely N-dealkylation sites (tertiary alicyclic amines) is 1. The highest BCUT2D eigenvalue weighted by atomic mass is 16.5. The van der Waals surface area contributed by atoms with Crippen molar-refractivity contribution in [2.24, 2.45) is 0 Å². The summed E-state index contributed by atoms with van der Waals surface area (Å²) in [4.78, 5) is 15.3. The fraction of sp³-hybridized carbons (Fsp3) is 0.516. The first kappa shape index (κ1) is 30.5. The lowest BCUT2D eigenvalue weighted by Crippen LogP contribution is -2.35. The predicted molar refractivity (Wildman–Crippen MR) is 153 cm³/mol. The van der Waals surface area contributed by atoms with Crippen molar-refractivity contribution >= 4 is 17.1 Å². The maximum absolute atomic E-state index is 13.0. The molecule has 1 atom stereocenters. The summed E-state index contributed by atoms with van der Waals surface area (Å²) in [6.45, 7) is 3.96. The summed E-state index contributed by atoms with van der Waals surface area (Å²) >= 11 is 0. The molecule has 1 aromatic carbocycles. The normalized spacial score (nSPS) is 20.5. The molecule has 214 valence electrons. The summed E-state index contributed by atoms with van der Waals surface area (Å²) in [6, 6.07) is 3.96. The van der Waals surface area contributed by atoms with Crippen LogP contribution in [0.2, 0.25) is 0 Å². The predicted octanol–water partition coefficient (Wildman–Crippen LogP) is 5.04. The van der Waals surface area contributed by atoms with Gasteiger partial charge in [0.05, 0.1) is 27.8 Å². The number of ether oxygens (including phenoxy) is 6. The van der Waals surface area contributed by atoms with Crippen LogP contribution in [-0.2, 0) is 23.7 Å². The van der Waals surface area contributed by atoms with Crippen molar-refractivity contribution in [2.75, 3.05) is 62.8 Å².